The number of unbranched alkanes of at least 4 members (excludes halogenated alkanes) is 2. The third kappa shape index (κ3) is 7.17. The molecule has 1 amide bonds. The van der Waals surface area contributed by atoms with Gasteiger partial charge in [-0.1, -0.05) is 23.7 Å². The summed E-state index contributed by atoms with van der Waals surface area (Å²) in [6.07, 6.45) is 2.73. The Morgan fingerprint density at radius 3 is 2.60 bits per heavy atom. The number of aliphatic hydroxyl groups is 1. The Bertz CT molecular complexity index is 397. The molecule has 0 atom stereocenters. The summed E-state index contributed by atoms with van der Waals surface area (Å²) in [7, 11) is 1.84. The van der Waals surface area contributed by atoms with Crippen LogP contribution < -0.4 is 0 Å². The molecule has 0 unspecified atom stereocenters. The zero-order valence-electron chi connectivity index (χ0n) is 11.8. The first-order valence-electron chi connectivity index (χ1n) is 6.80. The smallest absolute Gasteiger partial charge is 0.232 e. The molecule has 0 radical (unpaired) electrons. The topological polar surface area (TPSA) is 40.5 Å². The minimum Gasteiger partial charge on any atom is -0.396 e. The van der Waals surface area contributed by atoms with Crippen molar-refractivity contribution in [3.63, 3.8) is 0 Å². The Morgan fingerprint density at radius 1 is 1.25 bits per heavy atom. The normalized spacial score (nSPS) is 10.6. The average Bonchev–Trinajstić information content (AvgIpc) is 2.45. The Labute approximate surface area is 130 Å². The molecule has 0 aliphatic rings. The van der Waals surface area contributed by atoms with Crippen molar-refractivity contribution in [1.82, 2.24) is 4.90 Å². The molecule has 20 heavy (non-hydrogen) atoms. The van der Waals surface area contributed by atoms with Crippen LogP contribution in [0.5, 0.6) is 0 Å². The van der Waals surface area contributed by atoms with Gasteiger partial charge in [-0.15, -0.1) is 11.8 Å². The average molecular weight is 316 g/mol. The number of amides is 1. The lowest BCUT2D eigenvalue weighted by atomic mass is 10.2. The quantitative estimate of drug-likeness (QED) is 0.711. The van der Waals surface area contributed by atoms with Crippen molar-refractivity contribution in [3.05, 3.63) is 34.9 Å². The first-order valence-corrected chi connectivity index (χ1v) is 8.33. The Hall–Kier alpha value is -0.710. The highest BCUT2D eigenvalue weighted by Gasteiger charge is 2.08. The second-order valence-electron chi connectivity index (χ2n) is 4.72. The molecular weight excluding hydrogens is 294 g/mol. The minimum absolute atomic E-state index is 0.160. The molecule has 1 aromatic rings. The lowest BCUT2D eigenvalue weighted by Crippen LogP contribution is -2.29. The molecule has 5 heteroatoms. The second-order valence-corrected chi connectivity index (χ2v) is 6.14. The van der Waals surface area contributed by atoms with Gasteiger partial charge in [0.05, 0.1) is 5.75 Å². The van der Waals surface area contributed by atoms with E-state index in [1.807, 2.05) is 31.3 Å². The van der Waals surface area contributed by atoms with E-state index in [-0.39, 0.29) is 12.5 Å². The van der Waals surface area contributed by atoms with Gasteiger partial charge in [-0.05, 0) is 37.0 Å². The summed E-state index contributed by atoms with van der Waals surface area (Å²) in [5.74, 6) is 1.48. The number of hydrogen-bond acceptors (Lipinski definition) is 3. The maximum Gasteiger partial charge on any atom is 0.232 e. The van der Waals surface area contributed by atoms with Crippen LogP contribution in [0.1, 0.15) is 24.8 Å². The number of carbonyl (C=O) groups excluding carboxylic acids is 1. The molecule has 0 bridgehead atoms. The minimum atomic E-state index is 0.160. The lowest BCUT2D eigenvalue weighted by molar-refractivity contribution is -0.127. The van der Waals surface area contributed by atoms with Crippen LogP contribution in [0.4, 0.5) is 0 Å². The summed E-state index contributed by atoms with van der Waals surface area (Å²) in [6.45, 7) is 0.995. The molecule has 112 valence electrons. The predicted molar refractivity (Wildman–Crippen MR) is 86.2 cm³/mol. The van der Waals surface area contributed by atoms with Crippen molar-refractivity contribution < 1.29 is 9.90 Å². The molecule has 0 saturated carbocycles. The summed E-state index contributed by atoms with van der Waals surface area (Å²) < 4.78 is 0. The fourth-order valence-corrected chi connectivity index (χ4v) is 2.76. The van der Waals surface area contributed by atoms with E-state index in [0.29, 0.717) is 5.75 Å². The summed E-state index contributed by atoms with van der Waals surface area (Å²) in [4.78, 5) is 13.7. The maximum atomic E-state index is 11.9. The highest BCUT2D eigenvalue weighted by atomic mass is 35.5. The Morgan fingerprint density at radius 2 is 1.95 bits per heavy atom. The van der Waals surface area contributed by atoms with Crippen LogP contribution >= 0.6 is 23.4 Å². The molecule has 0 aliphatic carbocycles. The molecule has 1 rings (SSSR count). The van der Waals surface area contributed by atoms with E-state index in [1.54, 1.807) is 16.7 Å². The van der Waals surface area contributed by atoms with Gasteiger partial charge >= 0.3 is 0 Å². The number of aliphatic hydroxyl groups excluding tert-OH is 1. The van der Waals surface area contributed by atoms with Crippen LogP contribution in [0.3, 0.4) is 0 Å². The van der Waals surface area contributed by atoms with Gasteiger partial charge < -0.3 is 10.0 Å². The summed E-state index contributed by atoms with van der Waals surface area (Å²) >= 11 is 7.44. The van der Waals surface area contributed by atoms with Crippen LogP contribution in [0.15, 0.2) is 24.3 Å². The number of nitrogens with zero attached hydrogens (tertiary/aromatic N) is 1. The third-order valence-electron chi connectivity index (χ3n) is 2.98. The van der Waals surface area contributed by atoms with E-state index >= 15 is 0 Å². The molecule has 0 aromatic heterocycles. The Kier molecular flexibility index (Phi) is 8.74. The molecular formula is C15H22ClNO2S. The van der Waals surface area contributed by atoms with Gasteiger partial charge in [0.25, 0.3) is 0 Å². The van der Waals surface area contributed by atoms with Gasteiger partial charge in [0.1, 0.15) is 0 Å². The van der Waals surface area contributed by atoms with Crippen LogP contribution in [-0.2, 0) is 10.5 Å². The van der Waals surface area contributed by atoms with E-state index in [0.717, 1.165) is 36.6 Å². The van der Waals surface area contributed by atoms with Crippen molar-refractivity contribution in [3.8, 4) is 0 Å². The van der Waals surface area contributed by atoms with Crippen LogP contribution in [0.25, 0.3) is 0 Å². The van der Waals surface area contributed by atoms with Crippen molar-refractivity contribution >= 4 is 29.3 Å². The second kappa shape index (κ2) is 10.1. The van der Waals surface area contributed by atoms with Gasteiger partial charge in [-0.3, -0.25) is 4.79 Å². The van der Waals surface area contributed by atoms with Gasteiger partial charge in [-0.25, -0.2) is 0 Å². The number of halogens is 1. The molecule has 1 N–H and O–H groups in total. The van der Waals surface area contributed by atoms with E-state index in [4.69, 9.17) is 16.7 Å². The number of hydrogen-bond donors (Lipinski definition) is 1. The van der Waals surface area contributed by atoms with Gasteiger partial charge in [0.2, 0.25) is 5.91 Å². The number of thioether (sulfide) groups is 1. The van der Waals surface area contributed by atoms with Gasteiger partial charge in [0, 0.05) is 31.0 Å². The predicted octanol–water partition coefficient (Wildman–Crippen LogP) is 3.19. The highest BCUT2D eigenvalue weighted by Crippen LogP contribution is 2.15. The van der Waals surface area contributed by atoms with E-state index in [9.17, 15) is 4.79 Å². The van der Waals surface area contributed by atoms with Crippen molar-refractivity contribution in [1.29, 1.82) is 0 Å². The van der Waals surface area contributed by atoms with Crippen LogP contribution in [0, 0.1) is 0 Å². The van der Waals surface area contributed by atoms with Crippen LogP contribution in [0.2, 0.25) is 5.02 Å². The first kappa shape index (κ1) is 17.3. The van der Waals surface area contributed by atoms with Gasteiger partial charge in [-0.2, -0.15) is 0 Å². The largest absolute Gasteiger partial charge is 0.396 e. The monoisotopic (exact) mass is 315 g/mol. The fourth-order valence-electron chi connectivity index (χ4n) is 1.71. The van der Waals surface area contributed by atoms with Crippen LogP contribution in [-0.4, -0.2) is 41.9 Å². The van der Waals surface area contributed by atoms with Crippen molar-refractivity contribution in [2.24, 2.45) is 0 Å². The standard InChI is InChI=1S/C15H22ClNO2S/c1-17(9-3-2-4-10-18)15(19)12-20-11-13-5-7-14(16)8-6-13/h5-8,18H,2-4,9-12H2,1H3. The number of benzene rings is 1. The number of rotatable bonds is 9. The molecule has 0 aliphatic heterocycles. The summed E-state index contributed by atoms with van der Waals surface area (Å²) in [5.41, 5.74) is 1.18. The van der Waals surface area contributed by atoms with Crippen molar-refractivity contribution in [2.75, 3.05) is 26.0 Å². The molecule has 0 saturated heterocycles. The first-order chi connectivity index (χ1) is 9.63. The lowest BCUT2D eigenvalue weighted by Gasteiger charge is -2.16. The molecule has 1 aromatic carbocycles. The molecule has 0 heterocycles. The number of carbonyl (C=O) groups is 1. The third-order valence-corrected chi connectivity index (χ3v) is 4.23. The highest BCUT2D eigenvalue weighted by molar-refractivity contribution is 7.99. The van der Waals surface area contributed by atoms with Crippen molar-refractivity contribution in [2.45, 2.75) is 25.0 Å². The van der Waals surface area contributed by atoms with E-state index in [2.05, 4.69) is 0 Å². The maximum absolute atomic E-state index is 11.9. The summed E-state index contributed by atoms with van der Waals surface area (Å²) in [6, 6.07) is 7.70. The fraction of sp³-hybridized carbons (Fsp3) is 0.533. The molecule has 0 spiro atoms. The van der Waals surface area contributed by atoms with Gasteiger partial charge in [0.15, 0.2) is 0 Å². The zero-order valence-corrected chi connectivity index (χ0v) is 13.4. The molecule has 0 fully saturated rings. The Balaban J connectivity index is 2.17. The molecule has 3 nitrogen and oxygen atoms in total. The zero-order chi connectivity index (χ0) is 14.8. The van der Waals surface area contributed by atoms with E-state index < -0.39 is 0 Å². The van der Waals surface area contributed by atoms with E-state index in [1.165, 1.54) is 5.56 Å². The summed E-state index contributed by atoms with van der Waals surface area (Å²) in [5, 5.41) is 9.42. The SMILES string of the molecule is CN(CCCCCO)C(=O)CSCc1ccc(Cl)cc1.